The van der Waals surface area contributed by atoms with Crippen LogP contribution in [0.2, 0.25) is 0 Å². The summed E-state index contributed by atoms with van der Waals surface area (Å²) in [6.45, 7) is 1.96. The standard InChI is InChI=1S/C21H17BrN4O2/c1-12(27)20-24-26(14-8-6-13(22)7-9-14)21(28)19-10-16-15-4-2-3-5-17(15)23-18(16)11-25(19)20/h2-9,19,23H,10-11H2,1H3. The van der Waals surface area contributed by atoms with Crippen LogP contribution in [0, 0.1) is 0 Å². The number of hydrogen-bond acceptors (Lipinski definition) is 4. The van der Waals surface area contributed by atoms with Crippen molar-refractivity contribution in [2.45, 2.75) is 25.9 Å². The number of aromatic amines is 1. The molecule has 1 atom stereocenters. The van der Waals surface area contributed by atoms with Crippen molar-refractivity contribution in [2.24, 2.45) is 5.10 Å². The fourth-order valence-electron chi connectivity index (χ4n) is 4.03. The van der Waals surface area contributed by atoms with Crippen LogP contribution in [0.25, 0.3) is 10.9 Å². The third-order valence-corrected chi connectivity index (χ3v) is 5.88. The summed E-state index contributed by atoms with van der Waals surface area (Å²) >= 11 is 3.41. The van der Waals surface area contributed by atoms with E-state index in [1.54, 1.807) is 0 Å². The van der Waals surface area contributed by atoms with Gasteiger partial charge in [0.2, 0.25) is 0 Å². The van der Waals surface area contributed by atoms with Gasteiger partial charge in [-0.2, -0.15) is 5.01 Å². The quantitative estimate of drug-likeness (QED) is 0.666. The Morgan fingerprint density at radius 3 is 2.68 bits per heavy atom. The van der Waals surface area contributed by atoms with Crippen LogP contribution in [0.5, 0.6) is 0 Å². The van der Waals surface area contributed by atoms with E-state index in [9.17, 15) is 9.59 Å². The van der Waals surface area contributed by atoms with Crippen LogP contribution in [-0.2, 0) is 22.6 Å². The first-order valence-corrected chi connectivity index (χ1v) is 9.86. The summed E-state index contributed by atoms with van der Waals surface area (Å²) in [5.74, 6) is 0.0410. The number of para-hydroxylation sites is 1. The van der Waals surface area contributed by atoms with Gasteiger partial charge < -0.3 is 9.88 Å². The first-order valence-electron chi connectivity index (χ1n) is 9.07. The summed E-state index contributed by atoms with van der Waals surface area (Å²) in [6, 6.07) is 15.0. The molecule has 3 aromatic rings. The number of nitrogens with one attached hydrogen (secondary N) is 1. The van der Waals surface area contributed by atoms with E-state index in [4.69, 9.17) is 0 Å². The largest absolute Gasteiger partial charge is 0.357 e. The molecular formula is C21H17BrN4O2. The number of carbonyl (C=O) groups excluding carboxylic acids is 2. The second kappa shape index (κ2) is 6.31. The van der Waals surface area contributed by atoms with E-state index in [0.717, 1.165) is 26.6 Å². The molecule has 1 amide bonds. The maximum atomic E-state index is 13.3. The van der Waals surface area contributed by atoms with E-state index in [-0.39, 0.29) is 11.7 Å². The number of amides is 1. The molecule has 0 spiro atoms. The number of ketones is 1. The molecule has 0 radical (unpaired) electrons. The highest BCUT2D eigenvalue weighted by Crippen LogP contribution is 2.34. The van der Waals surface area contributed by atoms with Crippen LogP contribution < -0.4 is 5.01 Å². The molecule has 6 nitrogen and oxygen atoms in total. The van der Waals surface area contributed by atoms with E-state index >= 15 is 0 Å². The van der Waals surface area contributed by atoms with Gasteiger partial charge in [-0.25, -0.2) is 0 Å². The molecule has 1 unspecified atom stereocenters. The van der Waals surface area contributed by atoms with Crippen LogP contribution in [0.3, 0.4) is 0 Å². The lowest BCUT2D eigenvalue weighted by Gasteiger charge is -2.41. The van der Waals surface area contributed by atoms with Gasteiger partial charge in [0.25, 0.3) is 5.91 Å². The lowest BCUT2D eigenvalue weighted by molar-refractivity contribution is -0.124. The highest BCUT2D eigenvalue weighted by molar-refractivity contribution is 9.10. The molecule has 0 fully saturated rings. The molecule has 1 aromatic heterocycles. The van der Waals surface area contributed by atoms with E-state index < -0.39 is 6.04 Å². The maximum absolute atomic E-state index is 13.3. The van der Waals surface area contributed by atoms with Crippen molar-refractivity contribution in [1.82, 2.24) is 9.88 Å². The highest BCUT2D eigenvalue weighted by atomic mass is 79.9. The van der Waals surface area contributed by atoms with Crippen molar-refractivity contribution < 1.29 is 9.59 Å². The number of anilines is 1. The number of benzene rings is 2. The van der Waals surface area contributed by atoms with Crippen LogP contribution in [0.1, 0.15) is 18.2 Å². The minimum atomic E-state index is -0.452. The minimum Gasteiger partial charge on any atom is -0.357 e. The van der Waals surface area contributed by atoms with Gasteiger partial charge in [0.15, 0.2) is 11.6 Å². The third kappa shape index (κ3) is 2.57. The molecule has 2 aliphatic rings. The van der Waals surface area contributed by atoms with Crippen molar-refractivity contribution >= 4 is 50.0 Å². The number of amidine groups is 1. The molecule has 0 saturated heterocycles. The number of carbonyl (C=O) groups is 2. The van der Waals surface area contributed by atoms with Crippen LogP contribution in [-0.4, -0.2) is 33.5 Å². The van der Waals surface area contributed by atoms with Gasteiger partial charge in [0.05, 0.1) is 12.2 Å². The molecule has 0 bridgehead atoms. The zero-order chi connectivity index (χ0) is 19.4. The van der Waals surface area contributed by atoms with Crippen molar-refractivity contribution in [2.75, 3.05) is 5.01 Å². The topological polar surface area (TPSA) is 68.8 Å². The second-order valence-corrected chi connectivity index (χ2v) is 8.00. The second-order valence-electron chi connectivity index (χ2n) is 7.08. The fraction of sp³-hybridized carbons (Fsp3) is 0.190. The number of Topliss-reactive ketones (excluding diaryl/α,β-unsaturated/α-hetero) is 1. The number of halogens is 1. The van der Waals surface area contributed by atoms with Gasteiger partial charge in [-0.05, 0) is 35.9 Å². The third-order valence-electron chi connectivity index (χ3n) is 5.35. The normalized spacial score (nSPS) is 18.7. The lowest BCUT2D eigenvalue weighted by Crippen LogP contribution is -2.58. The number of H-pyrrole nitrogens is 1. The molecule has 28 heavy (non-hydrogen) atoms. The Kier molecular flexibility index (Phi) is 3.87. The SMILES string of the molecule is CC(=O)C1=NN(c2ccc(Br)cc2)C(=O)C2Cc3c([nH]c4ccccc34)CN12. The van der Waals surface area contributed by atoms with Crippen molar-refractivity contribution in [3.05, 3.63) is 64.3 Å². The highest BCUT2D eigenvalue weighted by Gasteiger charge is 2.42. The number of nitrogens with zero attached hydrogens (tertiary/aromatic N) is 3. The Morgan fingerprint density at radius 1 is 1.18 bits per heavy atom. The average molecular weight is 437 g/mol. The van der Waals surface area contributed by atoms with Gasteiger partial charge in [0.1, 0.15) is 6.04 Å². The van der Waals surface area contributed by atoms with E-state index in [1.807, 2.05) is 47.4 Å². The Bertz CT molecular complexity index is 1150. The molecule has 2 aliphatic heterocycles. The molecule has 5 rings (SSSR count). The molecule has 7 heteroatoms. The molecule has 2 aromatic carbocycles. The van der Waals surface area contributed by atoms with Gasteiger partial charge >= 0.3 is 0 Å². The van der Waals surface area contributed by atoms with Crippen molar-refractivity contribution in [3.8, 4) is 0 Å². The molecule has 0 aliphatic carbocycles. The summed E-state index contributed by atoms with van der Waals surface area (Å²) in [7, 11) is 0. The lowest BCUT2D eigenvalue weighted by atomic mass is 9.94. The van der Waals surface area contributed by atoms with Crippen molar-refractivity contribution in [1.29, 1.82) is 0 Å². The Labute approximate surface area is 169 Å². The molecule has 1 N–H and O–H groups in total. The molecule has 0 saturated carbocycles. The van der Waals surface area contributed by atoms with E-state index in [0.29, 0.717) is 24.5 Å². The summed E-state index contributed by atoms with van der Waals surface area (Å²) in [4.78, 5) is 30.9. The summed E-state index contributed by atoms with van der Waals surface area (Å²) in [5.41, 5.74) is 3.88. The van der Waals surface area contributed by atoms with Crippen molar-refractivity contribution in [3.63, 3.8) is 0 Å². The van der Waals surface area contributed by atoms with Gasteiger partial charge in [-0.1, -0.05) is 34.1 Å². The van der Waals surface area contributed by atoms with Crippen LogP contribution in [0.15, 0.2) is 58.1 Å². The van der Waals surface area contributed by atoms with E-state index in [2.05, 4.69) is 32.1 Å². The summed E-state index contributed by atoms with van der Waals surface area (Å²) in [6.07, 6.45) is 0.539. The zero-order valence-electron chi connectivity index (χ0n) is 15.1. The monoisotopic (exact) mass is 436 g/mol. The molecule has 3 heterocycles. The average Bonchev–Trinajstić information content (AvgIpc) is 3.05. The summed E-state index contributed by atoms with van der Waals surface area (Å²) < 4.78 is 0.916. The fourth-order valence-corrected chi connectivity index (χ4v) is 4.30. The predicted octanol–water partition coefficient (Wildman–Crippen LogP) is 3.61. The first-order chi connectivity index (χ1) is 13.5. The first kappa shape index (κ1) is 17.2. The van der Waals surface area contributed by atoms with Gasteiger partial charge in [-0.3, -0.25) is 9.59 Å². The summed E-state index contributed by atoms with van der Waals surface area (Å²) in [5, 5.41) is 6.92. The number of fused-ring (bicyclic) bond motifs is 4. The number of aromatic nitrogens is 1. The predicted molar refractivity (Wildman–Crippen MR) is 111 cm³/mol. The number of hydrazone groups is 1. The van der Waals surface area contributed by atoms with Gasteiger partial charge in [-0.15, -0.1) is 5.10 Å². The minimum absolute atomic E-state index is 0.122. The Hall–Kier alpha value is -2.93. The maximum Gasteiger partial charge on any atom is 0.270 e. The Morgan fingerprint density at radius 2 is 1.93 bits per heavy atom. The molecular weight excluding hydrogens is 420 g/mol. The van der Waals surface area contributed by atoms with Crippen LogP contribution in [0.4, 0.5) is 5.69 Å². The number of rotatable bonds is 2. The smallest absolute Gasteiger partial charge is 0.270 e. The Balaban J connectivity index is 1.62. The van der Waals surface area contributed by atoms with Crippen LogP contribution >= 0.6 is 15.9 Å². The number of hydrogen-bond donors (Lipinski definition) is 1. The zero-order valence-corrected chi connectivity index (χ0v) is 16.7. The van der Waals surface area contributed by atoms with E-state index in [1.165, 1.54) is 11.9 Å². The van der Waals surface area contributed by atoms with Gasteiger partial charge in [0, 0.05) is 34.4 Å². The molecule has 140 valence electrons.